The fourth-order valence-electron chi connectivity index (χ4n) is 1.10. The first-order valence-corrected chi connectivity index (χ1v) is 4.80. The van der Waals surface area contributed by atoms with Crippen LogP contribution in [-0.4, -0.2) is 25.5 Å². The van der Waals surface area contributed by atoms with Gasteiger partial charge in [0.05, 0.1) is 6.54 Å². The maximum Gasteiger partial charge on any atom is 0.238 e. The number of hydrogen-bond acceptors (Lipinski definition) is 3. The second-order valence-electron chi connectivity index (χ2n) is 3.11. The molecule has 0 bridgehead atoms. The van der Waals surface area contributed by atoms with Gasteiger partial charge in [-0.15, -0.1) is 0 Å². The van der Waals surface area contributed by atoms with Gasteiger partial charge in [0.25, 0.3) is 0 Å². The number of hydrogen-bond donors (Lipinski definition) is 3. The number of benzene rings is 1. The normalized spacial score (nSPS) is 10.2. The molecule has 0 aromatic heterocycles. The van der Waals surface area contributed by atoms with E-state index in [1.807, 2.05) is 0 Å². The summed E-state index contributed by atoms with van der Waals surface area (Å²) in [4.78, 5) is 11.2. The zero-order valence-electron chi connectivity index (χ0n) is 8.59. The summed E-state index contributed by atoms with van der Waals surface area (Å²) in [6.07, 6.45) is 0. The average Bonchev–Trinajstić information content (AvgIpc) is 2.24. The molecule has 0 saturated heterocycles. The Morgan fingerprint density at radius 3 is 2.50 bits per heavy atom. The van der Waals surface area contributed by atoms with E-state index in [0.717, 1.165) is 12.1 Å². The summed E-state index contributed by atoms with van der Waals surface area (Å²) < 4.78 is 26.2. The smallest absolute Gasteiger partial charge is 0.238 e. The van der Waals surface area contributed by atoms with Crippen molar-refractivity contribution in [2.75, 3.05) is 25.0 Å². The first-order chi connectivity index (χ1) is 7.65. The molecule has 4 nitrogen and oxygen atoms in total. The molecule has 0 aliphatic heterocycles. The Labute approximate surface area is 91.8 Å². The number of halogens is 2. The third-order valence-electron chi connectivity index (χ3n) is 1.83. The Morgan fingerprint density at radius 2 is 1.94 bits per heavy atom. The molecule has 0 spiro atoms. The molecule has 0 saturated carbocycles. The van der Waals surface area contributed by atoms with Crippen molar-refractivity contribution < 1.29 is 13.6 Å². The molecule has 0 atom stereocenters. The molecule has 1 aromatic rings. The van der Waals surface area contributed by atoms with Crippen LogP contribution in [0.1, 0.15) is 0 Å². The SMILES string of the molecule is NCCNCC(=O)Nc1c(F)cccc1F. The molecule has 6 heteroatoms. The van der Waals surface area contributed by atoms with Gasteiger partial charge in [-0.25, -0.2) is 8.78 Å². The standard InChI is InChI=1S/C10H13F2N3O/c11-7-2-1-3-8(12)10(7)15-9(16)6-14-5-4-13/h1-3,14H,4-6,13H2,(H,15,16). The van der Waals surface area contributed by atoms with E-state index in [9.17, 15) is 13.6 Å². The fraction of sp³-hybridized carbons (Fsp3) is 0.300. The van der Waals surface area contributed by atoms with Crippen LogP contribution in [0.5, 0.6) is 0 Å². The molecule has 1 rings (SSSR count). The molecule has 0 aliphatic carbocycles. The topological polar surface area (TPSA) is 67.1 Å². The zero-order chi connectivity index (χ0) is 12.0. The van der Waals surface area contributed by atoms with Crippen molar-refractivity contribution in [1.82, 2.24) is 5.32 Å². The van der Waals surface area contributed by atoms with Gasteiger partial charge < -0.3 is 16.4 Å². The molecule has 16 heavy (non-hydrogen) atoms. The highest BCUT2D eigenvalue weighted by Crippen LogP contribution is 2.17. The highest BCUT2D eigenvalue weighted by atomic mass is 19.1. The first kappa shape index (κ1) is 12.5. The summed E-state index contributed by atoms with van der Waals surface area (Å²) in [6.45, 7) is 0.819. The molecule has 1 amide bonds. The van der Waals surface area contributed by atoms with Crippen molar-refractivity contribution in [2.24, 2.45) is 5.73 Å². The van der Waals surface area contributed by atoms with Gasteiger partial charge in [-0.2, -0.15) is 0 Å². The predicted molar refractivity (Wildman–Crippen MR) is 56.9 cm³/mol. The summed E-state index contributed by atoms with van der Waals surface area (Å²) in [7, 11) is 0. The van der Waals surface area contributed by atoms with E-state index in [0.29, 0.717) is 13.1 Å². The molecule has 88 valence electrons. The highest BCUT2D eigenvalue weighted by molar-refractivity contribution is 5.92. The number of nitrogens with two attached hydrogens (primary N) is 1. The molecule has 4 N–H and O–H groups in total. The second kappa shape index (κ2) is 6.14. The van der Waals surface area contributed by atoms with Crippen LogP contribution in [0.2, 0.25) is 0 Å². The van der Waals surface area contributed by atoms with E-state index >= 15 is 0 Å². The van der Waals surface area contributed by atoms with Crippen molar-refractivity contribution in [1.29, 1.82) is 0 Å². The minimum Gasteiger partial charge on any atom is -0.329 e. The van der Waals surface area contributed by atoms with Crippen LogP contribution in [-0.2, 0) is 4.79 Å². The van der Waals surface area contributed by atoms with Crippen LogP contribution in [0.25, 0.3) is 0 Å². The van der Waals surface area contributed by atoms with Crippen LogP contribution in [0.15, 0.2) is 18.2 Å². The van der Waals surface area contributed by atoms with E-state index < -0.39 is 23.2 Å². The van der Waals surface area contributed by atoms with Gasteiger partial charge >= 0.3 is 0 Å². The van der Waals surface area contributed by atoms with Crippen LogP contribution in [0.4, 0.5) is 14.5 Å². The minimum atomic E-state index is -0.799. The van der Waals surface area contributed by atoms with Crippen LogP contribution < -0.4 is 16.4 Å². The largest absolute Gasteiger partial charge is 0.329 e. The third-order valence-corrected chi connectivity index (χ3v) is 1.83. The van der Waals surface area contributed by atoms with E-state index in [2.05, 4.69) is 10.6 Å². The number of para-hydroxylation sites is 1. The lowest BCUT2D eigenvalue weighted by Gasteiger charge is -2.07. The van der Waals surface area contributed by atoms with Crippen molar-refractivity contribution in [2.45, 2.75) is 0 Å². The molecule has 0 radical (unpaired) electrons. The number of carbonyl (C=O) groups excluding carboxylic acids is 1. The van der Waals surface area contributed by atoms with Crippen LogP contribution >= 0.6 is 0 Å². The first-order valence-electron chi connectivity index (χ1n) is 4.80. The molecular formula is C10H13F2N3O. The molecule has 1 aromatic carbocycles. The summed E-state index contributed by atoms with van der Waals surface area (Å²) in [6, 6.07) is 3.38. The number of carbonyl (C=O) groups is 1. The van der Waals surface area contributed by atoms with Crippen molar-refractivity contribution in [3.63, 3.8) is 0 Å². The maximum absolute atomic E-state index is 13.1. The molecule has 0 unspecified atom stereocenters. The summed E-state index contributed by atoms with van der Waals surface area (Å²) in [5, 5.41) is 4.86. The summed E-state index contributed by atoms with van der Waals surface area (Å²) in [5.41, 5.74) is 4.77. The number of amides is 1. The zero-order valence-corrected chi connectivity index (χ0v) is 8.59. The second-order valence-corrected chi connectivity index (χ2v) is 3.11. The van der Waals surface area contributed by atoms with E-state index in [1.165, 1.54) is 6.07 Å². The lowest BCUT2D eigenvalue weighted by atomic mass is 10.3. The number of rotatable bonds is 5. The van der Waals surface area contributed by atoms with E-state index in [-0.39, 0.29) is 6.54 Å². The van der Waals surface area contributed by atoms with Gasteiger partial charge in [-0.3, -0.25) is 4.79 Å². The summed E-state index contributed by atoms with van der Waals surface area (Å²) in [5.74, 6) is -2.11. The Bertz CT molecular complexity index is 351. The van der Waals surface area contributed by atoms with Gasteiger partial charge in [0.2, 0.25) is 5.91 Å². The van der Waals surface area contributed by atoms with Gasteiger partial charge in [-0.05, 0) is 12.1 Å². The molecular weight excluding hydrogens is 216 g/mol. The Morgan fingerprint density at radius 1 is 1.31 bits per heavy atom. The monoisotopic (exact) mass is 229 g/mol. The van der Waals surface area contributed by atoms with Crippen LogP contribution in [0, 0.1) is 11.6 Å². The van der Waals surface area contributed by atoms with Crippen molar-refractivity contribution in [3.05, 3.63) is 29.8 Å². The molecule has 0 heterocycles. The van der Waals surface area contributed by atoms with Gasteiger partial charge in [-0.1, -0.05) is 6.07 Å². The predicted octanol–water partition coefficient (Wildman–Crippen LogP) is 0.452. The number of nitrogens with one attached hydrogen (secondary N) is 2. The van der Waals surface area contributed by atoms with Crippen molar-refractivity contribution in [3.8, 4) is 0 Å². The Balaban J connectivity index is 2.56. The number of anilines is 1. The summed E-state index contributed by atoms with van der Waals surface area (Å²) >= 11 is 0. The Kier molecular flexibility index (Phi) is 4.81. The van der Waals surface area contributed by atoms with E-state index in [1.54, 1.807) is 0 Å². The molecule has 0 fully saturated rings. The van der Waals surface area contributed by atoms with Gasteiger partial charge in [0.1, 0.15) is 17.3 Å². The lowest BCUT2D eigenvalue weighted by Crippen LogP contribution is -2.32. The average molecular weight is 229 g/mol. The quantitative estimate of drug-likeness (QED) is 0.642. The highest BCUT2D eigenvalue weighted by Gasteiger charge is 2.10. The Hall–Kier alpha value is -1.53. The van der Waals surface area contributed by atoms with Gasteiger partial charge in [0.15, 0.2) is 0 Å². The van der Waals surface area contributed by atoms with E-state index in [4.69, 9.17) is 5.73 Å². The van der Waals surface area contributed by atoms with Crippen molar-refractivity contribution >= 4 is 11.6 Å². The minimum absolute atomic E-state index is 0.0367. The fourth-order valence-corrected chi connectivity index (χ4v) is 1.10. The maximum atomic E-state index is 13.1. The lowest BCUT2D eigenvalue weighted by molar-refractivity contribution is -0.115. The van der Waals surface area contributed by atoms with Gasteiger partial charge in [0, 0.05) is 13.1 Å². The van der Waals surface area contributed by atoms with Crippen LogP contribution in [0.3, 0.4) is 0 Å². The molecule has 0 aliphatic rings. The third kappa shape index (κ3) is 3.56.